The van der Waals surface area contributed by atoms with Crippen molar-refractivity contribution in [3.8, 4) is 11.5 Å². The van der Waals surface area contributed by atoms with E-state index >= 15 is 0 Å². The number of benzene rings is 1. The first-order valence-electron chi connectivity index (χ1n) is 6.77. The van der Waals surface area contributed by atoms with Gasteiger partial charge in [-0.3, -0.25) is 9.69 Å². The molecule has 0 spiro atoms. The largest absolute Gasteiger partial charge is 0.493 e. The van der Waals surface area contributed by atoms with Gasteiger partial charge in [0.1, 0.15) is 4.32 Å². The lowest BCUT2D eigenvalue weighted by atomic mass is 10.2. The highest BCUT2D eigenvalue weighted by Crippen LogP contribution is 2.37. The van der Waals surface area contributed by atoms with E-state index in [-0.39, 0.29) is 5.91 Å². The standard InChI is InChI=1S/C15H16INO3S2/c1-4-17-14(18)12(22-15(17)21)8-9-6-10(16)13(20-5-2)11(7-9)19-3/h6-8H,4-5H2,1-3H3/b12-8-. The van der Waals surface area contributed by atoms with Crippen LogP contribution in [0, 0.1) is 3.57 Å². The van der Waals surface area contributed by atoms with Gasteiger partial charge in [0.2, 0.25) is 0 Å². The Morgan fingerprint density at radius 3 is 2.68 bits per heavy atom. The minimum Gasteiger partial charge on any atom is -0.493 e. The molecule has 118 valence electrons. The summed E-state index contributed by atoms with van der Waals surface area (Å²) < 4.78 is 12.5. The molecule has 1 heterocycles. The maximum absolute atomic E-state index is 12.3. The van der Waals surface area contributed by atoms with Crippen LogP contribution in [0.5, 0.6) is 11.5 Å². The van der Waals surface area contributed by atoms with Crippen LogP contribution in [0.1, 0.15) is 19.4 Å². The Morgan fingerprint density at radius 1 is 1.41 bits per heavy atom. The number of thiocarbonyl (C=S) groups is 1. The fourth-order valence-corrected chi connectivity index (χ4v) is 4.20. The van der Waals surface area contributed by atoms with Gasteiger partial charge in [-0.25, -0.2) is 0 Å². The summed E-state index contributed by atoms with van der Waals surface area (Å²) in [5, 5.41) is 0. The molecule has 0 atom stereocenters. The molecule has 1 aromatic rings. The number of hydrogen-bond donors (Lipinski definition) is 0. The van der Waals surface area contributed by atoms with Gasteiger partial charge in [0.25, 0.3) is 5.91 Å². The molecule has 1 aromatic carbocycles. The van der Waals surface area contributed by atoms with Gasteiger partial charge in [-0.05, 0) is 60.2 Å². The number of hydrogen-bond acceptors (Lipinski definition) is 5. The lowest BCUT2D eigenvalue weighted by Gasteiger charge is -2.12. The van der Waals surface area contributed by atoms with Gasteiger partial charge < -0.3 is 9.47 Å². The number of rotatable bonds is 5. The average molecular weight is 449 g/mol. The summed E-state index contributed by atoms with van der Waals surface area (Å²) in [6.07, 6.45) is 1.84. The number of likely N-dealkylation sites (N-methyl/N-ethyl adjacent to an activating group) is 1. The number of ether oxygens (including phenoxy) is 2. The van der Waals surface area contributed by atoms with E-state index in [0.717, 1.165) is 14.9 Å². The monoisotopic (exact) mass is 449 g/mol. The fraction of sp³-hybridized carbons (Fsp3) is 0.333. The van der Waals surface area contributed by atoms with E-state index in [0.29, 0.717) is 28.1 Å². The zero-order chi connectivity index (χ0) is 16.3. The maximum Gasteiger partial charge on any atom is 0.266 e. The first-order chi connectivity index (χ1) is 10.5. The fourth-order valence-electron chi connectivity index (χ4n) is 2.03. The van der Waals surface area contributed by atoms with Crippen LogP contribution in [-0.2, 0) is 4.79 Å². The van der Waals surface area contributed by atoms with Crippen LogP contribution >= 0.6 is 46.6 Å². The van der Waals surface area contributed by atoms with Gasteiger partial charge in [0.15, 0.2) is 11.5 Å². The van der Waals surface area contributed by atoms with Crippen molar-refractivity contribution in [2.75, 3.05) is 20.3 Å². The highest BCUT2D eigenvalue weighted by Gasteiger charge is 2.30. The SMILES string of the molecule is CCOc1c(I)cc(/C=C2\SC(=S)N(CC)C2=O)cc1OC. The van der Waals surface area contributed by atoms with Crippen molar-refractivity contribution in [1.82, 2.24) is 4.90 Å². The van der Waals surface area contributed by atoms with Crippen molar-refractivity contribution < 1.29 is 14.3 Å². The van der Waals surface area contributed by atoms with Crippen molar-refractivity contribution in [2.45, 2.75) is 13.8 Å². The molecule has 1 saturated heterocycles. The Kier molecular flexibility index (Phi) is 6.10. The summed E-state index contributed by atoms with van der Waals surface area (Å²) in [4.78, 5) is 14.5. The first kappa shape index (κ1) is 17.6. The Balaban J connectivity index is 2.38. The van der Waals surface area contributed by atoms with Gasteiger partial charge in [0.05, 0.1) is 22.2 Å². The Labute approximate surface area is 153 Å². The van der Waals surface area contributed by atoms with Gasteiger partial charge in [-0.15, -0.1) is 0 Å². The molecular formula is C15H16INO3S2. The number of halogens is 1. The van der Waals surface area contributed by atoms with Gasteiger partial charge in [-0.2, -0.15) is 0 Å². The molecule has 1 aliphatic rings. The minimum absolute atomic E-state index is 0.0413. The number of thioether (sulfide) groups is 1. The van der Waals surface area contributed by atoms with Crippen molar-refractivity contribution in [3.05, 3.63) is 26.2 Å². The molecule has 0 N–H and O–H groups in total. The second-order valence-corrected chi connectivity index (χ2v) is 7.23. The lowest BCUT2D eigenvalue weighted by molar-refractivity contribution is -0.121. The smallest absolute Gasteiger partial charge is 0.266 e. The third kappa shape index (κ3) is 3.57. The normalized spacial score (nSPS) is 16.5. The number of amides is 1. The quantitative estimate of drug-likeness (QED) is 0.387. The van der Waals surface area contributed by atoms with Crippen LogP contribution in [0.25, 0.3) is 6.08 Å². The van der Waals surface area contributed by atoms with Crippen LogP contribution in [0.4, 0.5) is 0 Å². The summed E-state index contributed by atoms with van der Waals surface area (Å²) in [7, 11) is 1.61. The highest BCUT2D eigenvalue weighted by molar-refractivity contribution is 14.1. The second kappa shape index (κ2) is 7.65. The van der Waals surface area contributed by atoms with Crippen LogP contribution in [-0.4, -0.2) is 35.4 Å². The molecule has 0 unspecified atom stereocenters. The lowest BCUT2D eigenvalue weighted by Crippen LogP contribution is -2.27. The van der Waals surface area contributed by atoms with Crippen molar-refractivity contribution in [1.29, 1.82) is 0 Å². The van der Waals surface area contributed by atoms with Gasteiger partial charge >= 0.3 is 0 Å². The average Bonchev–Trinajstić information content (AvgIpc) is 2.75. The number of carbonyl (C=O) groups excluding carboxylic acids is 1. The predicted octanol–water partition coefficient (Wildman–Crippen LogP) is 3.92. The van der Waals surface area contributed by atoms with E-state index in [1.165, 1.54) is 11.8 Å². The molecule has 2 rings (SSSR count). The molecule has 0 bridgehead atoms. The molecule has 1 fully saturated rings. The zero-order valence-electron chi connectivity index (χ0n) is 12.5. The third-order valence-electron chi connectivity index (χ3n) is 3.03. The molecule has 1 amide bonds. The maximum atomic E-state index is 12.3. The number of methoxy groups -OCH3 is 1. The second-order valence-electron chi connectivity index (χ2n) is 4.39. The zero-order valence-corrected chi connectivity index (χ0v) is 16.3. The summed E-state index contributed by atoms with van der Waals surface area (Å²) in [6, 6.07) is 3.83. The molecule has 22 heavy (non-hydrogen) atoms. The minimum atomic E-state index is -0.0413. The first-order valence-corrected chi connectivity index (χ1v) is 9.07. The van der Waals surface area contributed by atoms with E-state index in [4.69, 9.17) is 21.7 Å². The number of carbonyl (C=O) groups is 1. The molecule has 0 aromatic heterocycles. The van der Waals surface area contributed by atoms with Crippen molar-refractivity contribution >= 4 is 62.9 Å². The van der Waals surface area contributed by atoms with E-state index in [1.807, 2.05) is 32.1 Å². The van der Waals surface area contributed by atoms with Crippen LogP contribution < -0.4 is 9.47 Å². The van der Waals surface area contributed by atoms with Crippen LogP contribution in [0.15, 0.2) is 17.0 Å². The summed E-state index contributed by atoms with van der Waals surface area (Å²) in [6.45, 7) is 5.00. The molecule has 0 saturated carbocycles. The van der Waals surface area contributed by atoms with Crippen LogP contribution in [0.3, 0.4) is 0 Å². The van der Waals surface area contributed by atoms with E-state index in [2.05, 4.69) is 22.6 Å². The number of nitrogens with zero attached hydrogens (tertiary/aromatic N) is 1. The van der Waals surface area contributed by atoms with Gasteiger partial charge in [0, 0.05) is 6.54 Å². The molecule has 7 heteroatoms. The topological polar surface area (TPSA) is 38.8 Å². The van der Waals surface area contributed by atoms with E-state index < -0.39 is 0 Å². The summed E-state index contributed by atoms with van der Waals surface area (Å²) >= 11 is 8.75. The van der Waals surface area contributed by atoms with E-state index in [1.54, 1.807) is 12.0 Å². The van der Waals surface area contributed by atoms with Crippen molar-refractivity contribution in [3.63, 3.8) is 0 Å². The third-order valence-corrected chi connectivity index (χ3v) is 5.21. The molecular weight excluding hydrogens is 433 g/mol. The predicted molar refractivity (Wildman–Crippen MR) is 102 cm³/mol. The van der Waals surface area contributed by atoms with Crippen LogP contribution in [0.2, 0.25) is 0 Å². The Hall–Kier alpha value is -0.800. The Morgan fingerprint density at radius 2 is 2.14 bits per heavy atom. The molecule has 4 nitrogen and oxygen atoms in total. The Bertz CT molecular complexity index is 646. The molecule has 0 radical (unpaired) electrons. The highest BCUT2D eigenvalue weighted by atomic mass is 127. The summed E-state index contributed by atoms with van der Waals surface area (Å²) in [5.74, 6) is 1.34. The molecule has 1 aliphatic heterocycles. The van der Waals surface area contributed by atoms with Gasteiger partial charge in [-0.1, -0.05) is 24.0 Å². The van der Waals surface area contributed by atoms with E-state index in [9.17, 15) is 4.79 Å². The molecule has 0 aliphatic carbocycles. The van der Waals surface area contributed by atoms with Crippen molar-refractivity contribution in [2.24, 2.45) is 0 Å². The summed E-state index contributed by atoms with van der Waals surface area (Å²) in [5.41, 5.74) is 0.890.